The highest BCUT2D eigenvalue weighted by atomic mass is 16.1. The molecule has 0 spiro atoms. The Morgan fingerprint density at radius 3 is 2.60 bits per heavy atom. The number of hydrogen-bond donors (Lipinski definition) is 2. The van der Waals surface area contributed by atoms with Crippen molar-refractivity contribution in [3.8, 4) is 0 Å². The minimum absolute atomic E-state index is 0.207. The summed E-state index contributed by atoms with van der Waals surface area (Å²) in [5, 5.41) is 3.26. The van der Waals surface area contributed by atoms with Crippen molar-refractivity contribution in [3.63, 3.8) is 0 Å². The Morgan fingerprint density at radius 1 is 1.35 bits per heavy atom. The van der Waals surface area contributed by atoms with Crippen LogP contribution in [-0.2, 0) is 4.79 Å². The van der Waals surface area contributed by atoms with Crippen LogP contribution in [0.5, 0.6) is 0 Å². The Kier molecular flexibility index (Phi) is 6.96. The molecule has 0 saturated carbocycles. The van der Waals surface area contributed by atoms with Gasteiger partial charge in [-0.05, 0) is 56.7 Å². The zero-order valence-corrected chi connectivity index (χ0v) is 13.7. The van der Waals surface area contributed by atoms with E-state index in [-0.39, 0.29) is 11.9 Å². The standard InChI is InChI=1S/C16H33N3O/c1-5-9-18-14(15(17)20)12-19-10-6-7-13(8-11-19)16(2,3)4/h13-14,18H,5-12H2,1-4H3,(H2,17,20). The maximum Gasteiger partial charge on any atom is 0.235 e. The highest BCUT2D eigenvalue weighted by Gasteiger charge is 2.28. The summed E-state index contributed by atoms with van der Waals surface area (Å²) in [5.74, 6) is 0.554. The second-order valence-electron chi connectivity index (χ2n) is 7.20. The molecule has 2 atom stereocenters. The molecule has 1 aliphatic rings. The molecular formula is C16H33N3O. The van der Waals surface area contributed by atoms with E-state index in [1.165, 1.54) is 19.3 Å². The molecule has 2 unspecified atom stereocenters. The van der Waals surface area contributed by atoms with Gasteiger partial charge in [-0.25, -0.2) is 0 Å². The van der Waals surface area contributed by atoms with Crippen molar-refractivity contribution in [2.45, 2.75) is 59.4 Å². The van der Waals surface area contributed by atoms with Gasteiger partial charge in [-0.2, -0.15) is 0 Å². The molecule has 0 aromatic heterocycles. The molecule has 1 amide bonds. The van der Waals surface area contributed by atoms with Gasteiger partial charge in [0.25, 0.3) is 0 Å². The van der Waals surface area contributed by atoms with E-state index >= 15 is 0 Å². The number of amides is 1. The first-order chi connectivity index (χ1) is 9.34. The smallest absolute Gasteiger partial charge is 0.235 e. The first-order valence-corrected chi connectivity index (χ1v) is 8.09. The summed E-state index contributed by atoms with van der Waals surface area (Å²) in [4.78, 5) is 13.9. The third-order valence-corrected chi connectivity index (χ3v) is 4.47. The lowest BCUT2D eigenvalue weighted by Gasteiger charge is -2.30. The van der Waals surface area contributed by atoms with E-state index < -0.39 is 0 Å². The van der Waals surface area contributed by atoms with Gasteiger partial charge in [0.1, 0.15) is 0 Å². The number of rotatable bonds is 6. The van der Waals surface area contributed by atoms with Crippen LogP contribution in [0.25, 0.3) is 0 Å². The lowest BCUT2D eigenvalue weighted by Crippen LogP contribution is -2.49. The van der Waals surface area contributed by atoms with Crippen molar-refractivity contribution in [2.75, 3.05) is 26.2 Å². The molecule has 1 aliphatic heterocycles. The highest BCUT2D eigenvalue weighted by molar-refractivity contribution is 5.80. The lowest BCUT2D eigenvalue weighted by atomic mass is 9.77. The number of nitrogens with zero attached hydrogens (tertiary/aromatic N) is 1. The number of carbonyl (C=O) groups excluding carboxylic acids is 1. The average Bonchev–Trinajstić information content (AvgIpc) is 2.59. The number of hydrogen-bond acceptors (Lipinski definition) is 3. The molecule has 1 heterocycles. The van der Waals surface area contributed by atoms with Crippen molar-refractivity contribution in [2.24, 2.45) is 17.1 Å². The van der Waals surface area contributed by atoms with Crippen LogP contribution in [0.1, 0.15) is 53.4 Å². The quantitative estimate of drug-likeness (QED) is 0.784. The summed E-state index contributed by atoms with van der Waals surface area (Å²) >= 11 is 0. The van der Waals surface area contributed by atoms with Gasteiger partial charge < -0.3 is 16.0 Å². The van der Waals surface area contributed by atoms with Crippen LogP contribution in [0.2, 0.25) is 0 Å². The normalized spacial score (nSPS) is 23.3. The van der Waals surface area contributed by atoms with Crippen molar-refractivity contribution >= 4 is 5.91 Å². The van der Waals surface area contributed by atoms with Crippen molar-refractivity contribution in [1.29, 1.82) is 0 Å². The van der Waals surface area contributed by atoms with Crippen LogP contribution in [0.4, 0.5) is 0 Å². The van der Waals surface area contributed by atoms with Gasteiger partial charge in [-0.1, -0.05) is 27.7 Å². The molecular weight excluding hydrogens is 250 g/mol. The fraction of sp³-hybridized carbons (Fsp3) is 0.938. The topological polar surface area (TPSA) is 58.4 Å². The zero-order chi connectivity index (χ0) is 15.2. The minimum atomic E-state index is -0.227. The summed E-state index contributed by atoms with van der Waals surface area (Å²) < 4.78 is 0. The van der Waals surface area contributed by atoms with E-state index in [0.717, 1.165) is 38.5 Å². The van der Waals surface area contributed by atoms with E-state index in [9.17, 15) is 4.79 Å². The molecule has 1 fully saturated rings. The maximum atomic E-state index is 11.5. The predicted molar refractivity (Wildman–Crippen MR) is 84.5 cm³/mol. The number of carbonyl (C=O) groups is 1. The van der Waals surface area contributed by atoms with Gasteiger partial charge in [0.05, 0.1) is 6.04 Å². The summed E-state index contributed by atoms with van der Waals surface area (Å²) in [6, 6.07) is -0.207. The summed E-state index contributed by atoms with van der Waals surface area (Å²) in [6.07, 6.45) is 4.77. The molecule has 0 radical (unpaired) electrons. The molecule has 118 valence electrons. The second kappa shape index (κ2) is 7.99. The number of likely N-dealkylation sites (tertiary alicyclic amines) is 1. The van der Waals surface area contributed by atoms with Crippen LogP contribution in [-0.4, -0.2) is 43.0 Å². The molecule has 3 N–H and O–H groups in total. The van der Waals surface area contributed by atoms with Crippen LogP contribution in [0, 0.1) is 11.3 Å². The van der Waals surface area contributed by atoms with Gasteiger partial charge in [-0.3, -0.25) is 4.79 Å². The molecule has 4 heteroatoms. The van der Waals surface area contributed by atoms with Crippen LogP contribution < -0.4 is 11.1 Å². The molecule has 0 aromatic rings. The van der Waals surface area contributed by atoms with E-state index in [0.29, 0.717) is 5.41 Å². The van der Waals surface area contributed by atoms with Gasteiger partial charge >= 0.3 is 0 Å². The number of primary amides is 1. The van der Waals surface area contributed by atoms with Gasteiger partial charge in [-0.15, -0.1) is 0 Å². The van der Waals surface area contributed by atoms with E-state index in [4.69, 9.17) is 5.73 Å². The van der Waals surface area contributed by atoms with Crippen LogP contribution in [0.15, 0.2) is 0 Å². The zero-order valence-electron chi connectivity index (χ0n) is 13.7. The highest BCUT2D eigenvalue weighted by Crippen LogP contribution is 2.34. The monoisotopic (exact) mass is 283 g/mol. The molecule has 0 aromatic carbocycles. The third-order valence-electron chi connectivity index (χ3n) is 4.47. The molecule has 20 heavy (non-hydrogen) atoms. The van der Waals surface area contributed by atoms with Gasteiger partial charge in [0.15, 0.2) is 0 Å². The fourth-order valence-corrected chi connectivity index (χ4v) is 3.04. The summed E-state index contributed by atoms with van der Waals surface area (Å²) in [7, 11) is 0. The Bertz CT molecular complexity index is 299. The summed E-state index contributed by atoms with van der Waals surface area (Å²) in [6.45, 7) is 12.9. The fourth-order valence-electron chi connectivity index (χ4n) is 3.04. The Labute approximate surface area is 124 Å². The lowest BCUT2D eigenvalue weighted by molar-refractivity contribution is -0.120. The maximum absolute atomic E-state index is 11.5. The molecule has 4 nitrogen and oxygen atoms in total. The summed E-state index contributed by atoms with van der Waals surface area (Å²) in [5.41, 5.74) is 5.89. The van der Waals surface area contributed by atoms with E-state index in [1.807, 2.05) is 0 Å². The Hall–Kier alpha value is -0.610. The first-order valence-electron chi connectivity index (χ1n) is 8.09. The van der Waals surface area contributed by atoms with Crippen LogP contribution in [0.3, 0.4) is 0 Å². The van der Waals surface area contributed by atoms with Gasteiger partial charge in [0, 0.05) is 6.54 Å². The van der Waals surface area contributed by atoms with Crippen molar-refractivity contribution in [3.05, 3.63) is 0 Å². The van der Waals surface area contributed by atoms with E-state index in [1.54, 1.807) is 0 Å². The first kappa shape index (κ1) is 17.4. The molecule has 0 aliphatic carbocycles. The van der Waals surface area contributed by atoms with Crippen molar-refractivity contribution in [1.82, 2.24) is 10.2 Å². The predicted octanol–water partition coefficient (Wildman–Crippen LogP) is 1.99. The van der Waals surface area contributed by atoms with Crippen LogP contribution >= 0.6 is 0 Å². The SMILES string of the molecule is CCCNC(CN1CCCC(C(C)(C)C)CC1)C(N)=O. The molecule has 0 bridgehead atoms. The minimum Gasteiger partial charge on any atom is -0.368 e. The third kappa shape index (κ3) is 5.80. The second-order valence-corrected chi connectivity index (χ2v) is 7.20. The number of nitrogens with one attached hydrogen (secondary N) is 1. The van der Waals surface area contributed by atoms with E-state index in [2.05, 4.69) is 37.9 Å². The number of nitrogens with two attached hydrogens (primary N) is 1. The van der Waals surface area contributed by atoms with Crippen molar-refractivity contribution < 1.29 is 4.79 Å². The molecule has 1 saturated heterocycles. The Morgan fingerprint density at radius 2 is 2.05 bits per heavy atom. The Balaban J connectivity index is 2.49. The largest absolute Gasteiger partial charge is 0.368 e. The van der Waals surface area contributed by atoms with Gasteiger partial charge in [0.2, 0.25) is 5.91 Å². The average molecular weight is 283 g/mol. The molecule has 1 rings (SSSR count).